The largest absolute Gasteiger partial charge is 0.493 e. The van der Waals surface area contributed by atoms with E-state index in [1.165, 1.54) is 0 Å². The molecule has 0 fully saturated rings. The number of ether oxygens (including phenoxy) is 2. The Labute approximate surface area is 174 Å². The van der Waals surface area contributed by atoms with E-state index in [9.17, 15) is 9.90 Å². The molecule has 0 atom stereocenters. The second-order valence-electron chi connectivity index (χ2n) is 6.51. The molecule has 0 saturated carbocycles. The van der Waals surface area contributed by atoms with Crippen molar-refractivity contribution in [1.82, 2.24) is 0 Å². The molecule has 150 valence electrons. The number of carboxylic acid groups (broad SMARTS) is 1. The van der Waals surface area contributed by atoms with Gasteiger partial charge in [0.1, 0.15) is 6.61 Å². The number of rotatable bonds is 8. The normalized spacial score (nSPS) is 10.4. The van der Waals surface area contributed by atoms with Gasteiger partial charge in [0.2, 0.25) is 0 Å². The average Bonchev–Trinajstić information content (AvgIpc) is 2.72. The first-order chi connectivity index (χ1) is 14.0. The molecule has 0 radical (unpaired) electrons. The summed E-state index contributed by atoms with van der Waals surface area (Å²) in [5.41, 5.74) is 3.54. The molecule has 0 spiro atoms. The van der Waals surface area contributed by atoms with Crippen molar-refractivity contribution in [2.24, 2.45) is 0 Å². The van der Waals surface area contributed by atoms with E-state index in [1.54, 1.807) is 32.2 Å². The molecule has 0 aromatic heterocycles. The minimum absolute atomic E-state index is 0.267. The molecular formula is C23H22ClNO4. The number of hydrogen-bond donors (Lipinski definition) is 2. The number of carbonyl (C=O) groups is 1. The first kappa shape index (κ1) is 20.6. The van der Waals surface area contributed by atoms with Crippen LogP contribution in [0.2, 0.25) is 5.02 Å². The number of benzene rings is 3. The lowest BCUT2D eigenvalue weighted by atomic mass is 10.1. The number of carboxylic acids is 1. The van der Waals surface area contributed by atoms with Crippen LogP contribution in [0.25, 0.3) is 0 Å². The molecule has 0 aliphatic rings. The van der Waals surface area contributed by atoms with E-state index < -0.39 is 5.97 Å². The summed E-state index contributed by atoms with van der Waals surface area (Å²) in [6, 6.07) is 18.5. The molecule has 5 nitrogen and oxygen atoms in total. The predicted octanol–water partition coefficient (Wildman–Crippen LogP) is 5.55. The molecule has 29 heavy (non-hydrogen) atoms. The molecule has 0 saturated heterocycles. The van der Waals surface area contributed by atoms with E-state index in [1.807, 2.05) is 42.5 Å². The maximum absolute atomic E-state index is 11.3. The third-order valence-electron chi connectivity index (χ3n) is 4.60. The number of halogens is 1. The summed E-state index contributed by atoms with van der Waals surface area (Å²) in [5, 5.41) is 13.1. The zero-order chi connectivity index (χ0) is 20.8. The van der Waals surface area contributed by atoms with Gasteiger partial charge in [-0.05, 0) is 41.8 Å². The Hall–Kier alpha value is -3.18. The van der Waals surface area contributed by atoms with Gasteiger partial charge in [0.05, 0.1) is 12.7 Å². The lowest BCUT2D eigenvalue weighted by molar-refractivity contribution is 0.0696. The fraction of sp³-hybridized carbons (Fsp3) is 0.174. The van der Waals surface area contributed by atoms with E-state index >= 15 is 0 Å². The Kier molecular flexibility index (Phi) is 6.62. The van der Waals surface area contributed by atoms with Gasteiger partial charge in [-0.2, -0.15) is 0 Å². The van der Waals surface area contributed by atoms with Crippen LogP contribution < -0.4 is 14.8 Å². The smallest absolute Gasteiger partial charge is 0.336 e. The maximum atomic E-state index is 11.3. The third kappa shape index (κ3) is 5.00. The standard InChI is InChI=1S/C23H22ClNO4/c1-15-18(23(26)27)9-6-10-20(15)25-13-17-11-21(28-2)22(12-19(17)24)29-14-16-7-4-3-5-8-16/h3-12,25H,13-14H2,1-2H3,(H,26,27). The third-order valence-corrected chi connectivity index (χ3v) is 4.96. The minimum Gasteiger partial charge on any atom is -0.493 e. The molecule has 2 N–H and O–H groups in total. The first-order valence-corrected chi connectivity index (χ1v) is 9.47. The molecule has 0 aliphatic heterocycles. The highest BCUT2D eigenvalue weighted by Crippen LogP contribution is 2.34. The first-order valence-electron chi connectivity index (χ1n) is 9.09. The Morgan fingerprint density at radius 1 is 1.07 bits per heavy atom. The van der Waals surface area contributed by atoms with Crippen LogP contribution in [0.5, 0.6) is 11.5 Å². The molecule has 0 unspecified atom stereocenters. The van der Waals surface area contributed by atoms with Gasteiger partial charge in [-0.15, -0.1) is 0 Å². The van der Waals surface area contributed by atoms with Crippen molar-refractivity contribution < 1.29 is 19.4 Å². The fourth-order valence-corrected chi connectivity index (χ4v) is 3.19. The SMILES string of the molecule is COc1cc(CNc2cccc(C(=O)O)c2C)c(Cl)cc1OCc1ccccc1. The number of hydrogen-bond acceptors (Lipinski definition) is 4. The van der Waals surface area contributed by atoms with Gasteiger partial charge in [0, 0.05) is 23.3 Å². The molecule has 0 bridgehead atoms. The summed E-state index contributed by atoms with van der Waals surface area (Å²) in [6.07, 6.45) is 0. The van der Waals surface area contributed by atoms with Crippen molar-refractivity contribution in [2.45, 2.75) is 20.1 Å². The Morgan fingerprint density at radius 2 is 1.83 bits per heavy atom. The van der Waals surface area contributed by atoms with Crippen LogP contribution in [0.1, 0.15) is 27.0 Å². The van der Waals surface area contributed by atoms with Crippen molar-refractivity contribution in [3.63, 3.8) is 0 Å². The van der Waals surface area contributed by atoms with E-state index in [-0.39, 0.29) is 5.56 Å². The summed E-state index contributed by atoms with van der Waals surface area (Å²) in [6.45, 7) is 2.60. The van der Waals surface area contributed by atoms with Crippen molar-refractivity contribution in [2.75, 3.05) is 12.4 Å². The van der Waals surface area contributed by atoms with Crippen LogP contribution >= 0.6 is 11.6 Å². The van der Waals surface area contributed by atoms with Crippen LogP contribution in [0.4, 0.5) is 5.69 Å². The summed E-state index contributed by atoms with van der Waals surface area (Å²) >= 11 is 6.46. The molecule has 0 aliphatic carbocycles. The molecular weight excluding hydrogens is 390 g/mol. The molecule has 6 heteroatoms. The van der Waals surface area contributed by atoms with Crippen LogP contribution in [-0.2, 0) is 13.2 Å². The Bertz CT molecular complexity index is 1010. The van der Waals surface area contributed by atoms with Gasteiger partial charge in [-0.25, -0.2) is 4.79 Å². The molecule has 3 aromatic rings. The van der Waals surface area contributed by atoms with Crippen molar-refractivity contribution in [3.8, 4) is 11.5 Å². The lowest BCUT2D eigenvalue weighted by Gasteiger charge is -2.16. The second-order valence-corrected chi connectivity index (χ2v) is 6.91. The lowest BCUT2D eigenvalue weighted by Crippen LogP contribution is -2.06. The highest BCUT2D eigenvalue weighted by molar-refractivity contribution is 6.31. The molecule has 3 rings (SSSR count). The highest BCUT2D eigenvalue weighted by Gasteiger charge is 2.13. The predicted molar refractivity (Wildman–Crippen MR) is 114 cm³/mol. The quantitative estimate of drug-likeness (QED) is 0.509. The maximum Gasteiger partial charge on any atom is 0.336 e. The monoisotopic (exact) mass is 411 g/mol. The van der Waals surface area contributed by atoms with Gasteiger partial charge < -0.3 is 19.9 Å². The van der Waals surface area contributed by atoms with Gasteiger partial charge in [-0.1, -0.05) is 48.0 Å². The number of anilines is 1. The van der Waals surface area contributed by atoms with Crippen LogP contribution in [0.15, 0.2) is 60.7 Å². The Morgan fingerprint density at radius 3 is 2.52 bits per heavy atom. The van der Waals surface area contributed by atoms with Gasteiger partial charge in [0.25, 0.3) is 0 Å². The van der Waals surface area contributed by atoms with Crippen LogP contribution in [0.3, 0.4) is 0 Å². The topological polar surface area (TPSA) is 67.8 Å². The zero-order valence-electron chi connectivity index (χ0n) is 16.2. The zero-order valence-corrected chi connectivity index (χ0v) is 17.0. The van der Waals surface area contributed by atoms with Gasteiger partial charge >= 0.3 is 5.97 Å². The molecule has 3 aromatic carbocycles. The number of aromatic carboxylic acids is 1. The van der Waals surface area contributed by atoms with Crippen LogP contribution in [-0.4, -0.2) is 18.2 Å². The van der Waals surface area contributed by atoms with E-state index in [2.05, 4.69) is 5.32 Å². The van der Waals surface area contributed by atoms with Crippen LogP contribution in [0, 0.1) is 6.92 Å². The molecule has 0 amide bonds. The fourth-order valence-electron chi connectivity index (χ4n) is 2.97. The van der Waals surface area contributed by atoms with E-state index in [4.69, 9.17) is 21.1 Å². The summed E-state index contributed by atoms with van der Waals surface area (Å²) in [4.78, 5) is 11.3. The van der Waals surface area contributed by atoms with Crippen molar-refractivity contribution in [1.29, 1.82) is 0 Å². The van der Waals surface area contributed by atoms with Gasteiger partial charge in [-0.3, -0.25) is 0 Å². The highest BCUT2D eigenvalue weighted by atomic mass is 35.5. The van der Waals surface area contributed by atoms with E-state index in [0.29, 0.717) is 35.2 Å². The van der Waals surface area contributed by atoms with Crippen molar-refractivity contribution >= 4 is 23.3 Å². The summed E-state index contributed by atoms with van der Waals surface area (Å²) in [5.74, 6) is 0.193. The Balaban J connectivity index is 1.75. The second kappa shape index (κ2) is 9.34. The van der Waals surface area contributed by atoms with Gasteiger partial charge in [0.15, 0.2) is 11.5 Å². The minimum atomic E-state index is -0.953. The number of methoxy groups -OCH3 is 1. The molecule has 0 heterocycles. The number of nitrogens with one attached hydrogen (secondary N) is 1. The average molecular weight is 412 g/mol. The van der Waals surface area contributed by atoms with Crippen molar-refractivity contribution in [3.05, 3.63) is 87.9 Å². The summed E-state index contributed by atoms with van der Waals surface area (Å²) in [7, 11) is 1.58. The van der Waals surface area contributed by atoms with E-state index in [0.717, 1.165) is 16.8 Å². The summed E-state index contributed by atoms with van der Waals surface area (Å²) < 4.78 is 11.3.